The van der Waals surface area contributed by atoms with Gasteiger partial charge >= 0.3 is 0 Å². The predicted molar refractivity (Wildman–Crippen MR) is 59.8 cm³/mol. The minimum Gasteiger partial charge on any atom is -0.379 e. The molecule has 88 valence electrons. The fraction of sp³-hybridized carbons (Fsp3) is 0.583. The number of pyridine rings is 1. The van der Waals surface area contributed by atoms with Crippen LogP contribution in [0.3, 0.4) is 0 Å². The van der Waals surface area contributed by atoms with Crippen molar-refractivity contribution in [1.82, 2.24) is 9.88 Å². The van der Waals surface area contributed by atoms with Gasteiger partial charge in [-0.25, -0.2) is 4.39 Å². The molecule has 1 aliphatic heterocycles. The van der Waals surface area contributed by atoms with Gasteiger partial charge in [0.15, 0.2) is 0 Å². The van der Waals surface area contributed by atoms with Crippen LogP contribution in [0.15, 0.2) is 18.3 Å². The van der Waals surface area contributed by atoms with Gasteiger partial charge in [0.1, 0.15) is 5.82 Å². The van der Waals surface area contributed by atoms with Crippen LogP contribution in [0.25, 0.3) is 0 Å². The van der Waals surface area contributed by atoms with Crippen LogP contribution in [0.5, 0.6) is 0 Å². The molecule has 2 heterocycles. The molecule has 2 rings (SSSR count). The maximum atomic E-state index is 12.6. The molecule has 1 saturated heterocycles. The Labute approximate surface area is 95.2 Å². The Morgan fingerprint density at radius 2 is 2.12 bits per heavy atom. The molecule has 1 aromatic heterocycles. The highest BCUT2D eigenvalue weighted by molar-refractivity contribution is 5.05. The zero-order valence-electron chi connectivity index (χ0n) is 9.36. The molecule has 0 aromatic carbocycles. The summed E-state index contributed by atoms with van der Waals surface area (Å²) in [6.07, 6.45) is 3.26. The average Bonchev–Trinajstić information content (AvgIpc) is 2.33. The molecule has 0 N–H and O–H groups in total. The molecule has 0 unspecified atom stereocenters. The number of hydrogen-bond donors (Lipinski definition) is 0. The van der Waals surface area contributed by atoms with Crippen LogP contribution in [0, 0.1) is 5.82 Å². The van der Waals surface area contributed by atoms with Crippen molar-refractivity contribution in [1.29, 1.82) is 0 Å². The number of nitrogens with zero attached hydrogens (tertiary/aromatic N) is 2. The van der Waals surface area contributed by atoms with Crippen LogP contribution in [0.1, 0.15) is 12.1 Å². The summed E-state index contributed by atoms with van der Waals surface area (Å²) in [5, 5.41) is 0. The van der Waals surface area contributed by atoms with Crippen LogP contribution in [0.2, 0.25) is 0 Å². The first-order valence-corrected chi connectivity index (χ1v) is 5.75. The van der Waals surface area contributed by atoms with Gasteiger partial charge < -0.3 is 4.74 Å². The topological polar surface area (TPSA) is 25.4 Å². The van der Waals surface area contributed by atoms with E-state index in [0.29, 0.717) is 0 Å². The smallest absolute Gasteiger partial charge is 0.141 e. The molecule has 0 saturated carbocycles. The Hall–Kier alpha value is -1.00. The molecule has 0 bridgehead atoms. The fourth-order valence-corrected chi connectivity index (χ4v) is 1.86. The van der Waals surface area contributed by atoms with Crippen LogP contribution in [-0.2, 0) is 11.2 Å². The number of rotatable bonds is 4. The van der Waals surface area contributed by atoms with E-state index in [1.807, 2.05) is 0 Å². The lowest BCUT2D eigenvalue weighted by Crippen LogP contribution is -2.36. The molecular weight excluding hydrogens is 207 g/mol. The van der Waals surface area contributed by atoms with Crippen molar-refractivity contribution in [3.05, 3.63) is 29.8 Å². The molecular formula is C12H17FN2O. The number of morpholine rings is 1. The summed E-state index contributed by atoms with van der Waals surface area (Å²) in [4.78, 5) is 6.44. The molecule has 3 nitrogen and oxygen atoms in total. The second kappa shape index (κ2) is 5.92. The molecule has 1 fully saturated rings. The quantitative estimate of drug-likeness (QED) is 0.774. The zero-order valence-corrected chi connectivity index (χ0v) is 9.36. The molecule has 0 aliphatic carbocycles. The van der Waals surface area contributed by atoms with Gasteiger partial charge in [0.25, 0.3) is 0 Å². The summed E-state index contributed by atoms with van der Waals surface area (Å²) in [5.41, 5.74) is 0.967. The molecule has 0 spiro atoms. The molecule has 16 heavy (non-hydrogen) atoms. The van der Waals surface area contributed by atoms with Gasteiger partial charge in [0.05, 0.1) is 19.4 Å². The maximum absolute atomic E-state index is 12.6. The molecule has 1 aromatic rings. The van der Waals surface area contributed by atoms with E-state index < -0.39 is 0 Å². The van der Waals surface area contributed by atoms with E-state index in [4.69, 9.17) is 4.74 Å². The van der Waals surface area contributed by atoms with E-state index in [2.05, 4.69) is 9.88 Å². The van der Waals surface area contributed by atoms with Crippen LogP contribution >= 0.6 is 0 Å². The summed E-state index contributed by atoms with van der Waals surface area (Å²) in [5.74, 6) is -0.267. The van der Waals surface area contributed by atoms with Gasteiger partial charge in [-0.15, -0.1) is 0 Å². The minimum atomic E-state index is -0.267. The van der Waals surface area contributed by atoms with Crippen LogP contribution < -0.4 is 0 Å². The van der Waals surface area contributed by atoms with Crippen molar-refractivity contribution < 1.29 is 9.13 Å². The van der Waals surface area contributed by atoms with Gasteiger partial charge in [0.2, 0.25) is 0 Å². The summed E-state index contributed by atoms with van der Waals surface area (Å²) >= 11 is 0. The van der Waals surface area contributed by atoms with Crippen LogP contribution in [-0.4, -0.2) is 42.7 Å². The number of aryl methyl sites for hydroxylation is 1. The van der Waals surface area contributed by atoms with Crippen molar-refractivity contribution in [2.75, 3.05) is 32.8 Å². The molecule has 4 heteroatoms. The lowest BCUT2D eigenvalue weighted by atomic mass is 10.2. The van der Waals surface area contributed by atoms with E-state index in [1.165, 1.54) is 12.3 Å². The van der Waals surface area contributed by atoms with E-state index in [9.17, 15) is 4.39 Å². The number of aromatic nitrogens is 1. The lowest BCUT2D eigenvalue weighted by molar-refractivity contribution is 0.0374. The standard InChI is InChI=1S/C12H17FN2O/c13-11-3-4-12(14-10-11)2-1-5-15-6-8-16-9-7-15/h3-4,10H,1-2,5-9H2. The lowest BCUT2D eigenvalue weighted by Gasteiger charge is -2.26. The van der Waals surface area contributed by atoms with Crippen molar-refractivity contribution in [2.24, 2.45) is 0 Å². The third-order valence-corrected chi connectivity index (χ3v) is 2.80. The largest absolute Gasteiger partial charge is 0.379 e. The predicted octanol–water partition coefficient (Wildman–Crippen LogP) is 1.49. The van der Waals surface area contributed by atoms with E-state index in [1.54, 1.807) is 6.07 Å². The highest BCUT2D eigenvalue weighted by atomic mass is 19.1. The number of hydrogen-bond acceptors (Lipinski definition) is 3. The Morgan fingerprint density at radius 1 is 1.31 bits per heavy atom. The molecule has 1 aliphatic rings. The van der Waals surface area contributed by atoms with E-state index in [0.717, 1.165) is 51.4 Å². The molecule has 0 amide bonds. The van der Waals surface area contributed by atoms with Crippen LogP contribution in [0.4, 0.5) is 4.39 Å². The molecule has 0 atom stereocenters. The fourth-order valence-electron chi connectivity index (χ4n) is 1.86. The van der Waals surface area contributed by atoms with Gasteiger partial charge in [-0.3, -0.25) is 9.88 Å². The van der Waals surface area contributed by atoms with Gasteiger partial charge in [-0.2, -0.15) is 0 Å². The highest BCUT2D eigenvalue weighted by Crippen LogP contribution is 2.04. The second-order valence-corrected chi connectivity index (χ2v) is 4.03. The SMILES string of the molecule is Fc1ccc(CCCN2CCOCC2)nc1. The third kappa shape index (κ3) is 3.54. The third-order valence-electron chi connectivity index (χ3n) is 2.80. The first-order valence-electron chi connectivity index (χ1n) is 5.75. The maximum Gasteiger partial charge on any atom is 0.141 e. The second-order valence-electron chi connectivity index (χ2n) is 4.03. The Morgan fingerprint density at radius 3 is 2.81 bits per heavy atom. The van der Waals surface area contributed by atoms with Crippen molar-refractivity contribution in [3.8, 4) is 0 Å². The highest BCUT2D eigenvalue weighted by Gasteiger charge is 2.09. The van der Waals surface area contributed by atoms with E-state index in [-0.39, 0.29) is 5.82 Å². The average molecular weight is 224 g/mol. The Bertz CT molecular complexity index is 309. The van der Waals surface area contributed by atoms with Crippen molar-refractivity contribution >= 4 is 0 Å². The summed E-state index contributed by atoms with van der Waals surface area (Å²) < 4.78 is 17.9. The first-order chi connectivity index (χ1) is 7.84. The summed E-state index contributed by atoms with van der Waals surface area (Å²) in [6.45, 7) is 4.81. The Kier molecular flexibility index (Phi) is 4.25. The number of ether oxygens (including phenoxy) is 1. The van der Waals surface area contributed by atoms with E-state index >= 15 is 0 Å². The summed E-state index contributed by atoms with van der Waals surface area (Å²) in [7, 11) is 0. The normalized spacial score (nSPS) is 17.6. The Balaban J connectivity index is 1.69. The van der Waals surface area contributed by atoms with Gasteiger partial charge in [-0.05, 0) is 31.5 Å². The number of halogens is 1. The monoisotopic (exact) mass is 224 g/mol. The van der Waals surface area contributed by atoms with Crippen molar-refractivity contribution in [3.63, 3.8) is 0 Å². The van der Waals surface area contributed by atoms with Gasteiger partial charge in [0, 0.05) is 18.8 Å². The molecule has 0 radical (unpaired) electrons. The minimum absolute atomic E-state index is 0.267. The first kappa shape index (κ1) is 11.5. The van der Waals surface area contributed by atoms with Gasteiger partial charge in [-0.1, -0.05) is 0 Å². The zero-order chi connectivity index (χ0) is 11.2. The summed E-state index contributed by atoms with van der Waals surface area (Å²) in [6, 6.07) is 3.23. The van der Waals surface area contributed by atoms with Crippen molar-refractivity contribution in [2.45, 2.75) is 12.8 Å².